The van der Waals surface area contributed by atoms with Gasteiger partial charge in [0.25, 0.3) is 0 Å². The van der Waals surface area contributed by atoms with Gasteiger partial charge in [-0.2, -0.15) is 0 Å². The van der Waals surface area contributed by atoms with Gasteiger partial charge in [-0.25, -0.2) is 0 Å². The Morgan fingerprint density at radius 3 is 1.64 bits per heavy atom. The van der Waals surface area contributed by atoms with E-state index in [0.717, 1.165) is 0 Å². The molecule has 2 aromatic carbocycles. The first-order chi connectivity index (χ1) is 12.1. The first kappa shape index (κ1) is 18.9. The predicted octanol–water partition coefficient (Wildman–Crippen LogP) is 2.87. The highest BCUT2D eigenvalue weighted by atomic mass is 31.1. The maximum absolute atomic E-state index is 13.0. The zero-order valence-corrected chi connectivity index (χ0v) is 15.8. The molecule has 0 aliphatic rings. The Morgan fingerprint density at radius 2 is 1.24 bits per heavy atom. The highest BCUT2D eigenvalue weighted by molar-refractivity contribution is 7.66. The summed E-state index contributed by atoms with van der Waals surface area (Å²) < 4.78 is 26.7. The Bertz CT molecular complexity index is 712. The van der Waals surface area contributed by atoms with E-state index in [-0.39, 0.29) is 14.1 Å². The third-order valence-corrected chi connectivity index (χ3v) is 4.83. The zero-order valence-electron chi connectivity index (χ0n) is 14.8. The molecule has 0 aromatic heterocycles. The van der Waals surface area contributed by atoms with E-state index >= 15 is 0 Å². The fraction of sp³-hybridized carbons (Fsp3) is 0.278. The summed E-state index contributed by atoms with van der Waals surface area (Å²) in [5, 5.41) is 0.656. The van der Waals surface area contributed by atoms with Crippen LogP contribution in [0.5, 0.6) is 28.7 Å². The number of rotatable bonds is 8. The summed E-state index contributed by atoms with van der Waals surface area (Å²) in [5.74, 6) is 2.56. The van der Waals surface area contributed by atoms with E-state index in [0.29, 0.717) is 39.6 Å². The van der Waals surface area contributed by atoms with Gasteiger partial charge in [-0.3, -0.25) is 4.79 Å². The van der Waals surface area contributed by atoms with Crippen molar-refractivity contribution < 1.29 is 28.5 Å². The van der Waals surface area contributed by atoms with E-state index in [2.05, 4.69) is 0 Å². The van der Waals surface area contributed by atoms with Crippen LogP contribution in [0, 0.1) is 0 Å². The molecule has 6 nitrogen and oxygen atoms in total. The monoisotopic (exact) mass is 364 g/mol. The number of hydrogen-bond donors (Lipinski definition) is 0. The number of carbonyl (C=O) groups excluding carboxylic acids is 1. The number of carbonyl (C=O) groups is 1. The average Bonchev–Trinajstić information content (AvgIpc) is 2.66. The van der Waals surface area contributed by atoms with Gasteiger partial charge < -0.3 is 23.7 Å². The second-order valence-electron chi connectivity index (χ2n) is 4.90. The first-order valence-corrected chi connectivity index (χ1v) is 8.41. The molecule has 0 saturated carbocycles. The summed E-state index contributed by atoms with van der Waals surface area (Å²) >= 11 is 0. The molecule has 0 radical (unpaired) electrons. The molecule has 1 unspecified atom stereocenters. The average molecular weight is 364 g/mol. The molecule has 7 heteroatoms. The van der Waals surface area contributed by atoms with Crippen LogP contribution in [0.15, 0.2) is 30.3 Å². The molecular formula is C18H21O6P. The molecule has 0 aliphatic carbocycles. The molecule has 0 saturated heterocycles. The second-order valence-corrected chi connectivity index (χ2v) is 6.10. The van der Waals surface area contributed by atoms with E-state index in [1.807, 2.05) is 0 Å². The van der Waals surface area contributed by atoms with Gasteiger partial charge in [-0.15, -0.1) is 0 Å². The van der Waals surface area contributed by atoms with Crippen molar-refractivity contribution in [1.29, 1.82) is 0 Å². The van der Waals surface area contributed by atoms with Crippen molar-refractivity contribution in [3.8, 4) is 28.7 Å². The molecular weight excluding hydrogens is 343 g/mol. The quantitative estimate of drug-likeness (QED) is 0.671. The Hall–Kier alpha value is -2.46. The maximum Gasteiger partial charge on any atom is 0.193 e. The molecule has 0 N–H and O–H groups in total. The van der Waals surface area contributed by atoms with Crippen LogP contribution < -0.4 is 29.0 Å². The molecule has 1 atom stereocenters. The van der Waals surface area contributed by atoms with Gasteiger partial charge in [0.2, 0.25) is 0 Å². The predicted molar refractivity (Wildman–Crippen MR) is 97.9 cm³/mol. The molecule has 0 aliphatic heterocycles. The molecule has 0 bridgehead atoms. The third kappa shape index (κ3) is 3.97. The van der Waals surface area contributed by atoms with Crippen LogP contribution in [0.3, 0.4) is 0 Å². The summed E-state index contributed by atoms with van der Waals surface area (Å²) in [6.07, 6.45) is 0. The minimum atomic E-state index is -0.241. The lowest BCUT2D eigenvalue weighted by Crippen LogP contribution is -2.10. The summed E-state index contributed by atoms with van der Waals surface area (Å²) in [5.41, 5.74) is 0.252. The Kier molecular flexibility index (Phi) is 6.48. The molecule has 2 aromatic rings. The van der Waals surface area contributed by atoms with Crippen LogP contribution in [-0.4, -0.2) is 41.1 Å². The van der Waals surface area contributed by atoms with Crippen molar-refractivity contribution >= 4 is 19.4 Å². The summed E-state index contributed by atoms with van der Waals surface area (Å²) in [6.45, 7) is 0. The molecule has 0 amide bonds. The summed E-state index contributed by atoms with van der Waals surface area (Å²) in [6, 6.07) is 8.66. The summed E-state index contributed by atoms with van der Waals surface area (Å²) in [7, 11) is 7.43. The van der Waals surface area contributed by atoms with E-state index in [1.165, 1.54) is 28.4 Å². The fourth-order valence-corrected chi connectivity index (χ4v) is 3.57. The van der Waals surface area contributed by atoms with Crippen molar-refractivity contribution in [3.05, 3.63) is 35.9 Å². The van der Waals surface area contributed by atoms with Crippen LogP contribution in [0.4, 0.5) is 0 Å². The standard InChI is InChI=1S/C18H21O6P/c1-20-11-9-14(23-4)17(15(10-11)24-5)25-18(19)16-12(21-2)7-6-8-13(16)22-3/h6-10,25H,1-5H3. The number of benzene rings is 2. The van der Waals surface area contributed by atoms with Crippen LogP contribution >= 0.6 is 8.58 Å². The molecule has 134 valence electrons. The van der Waals surface area contributed by atoms with Gasteiger partial charge in [-0.1, -0.05) is 6.07 Å². The van der Waals surface area contributed by atoms with Gasteiger partial charge in [0, 0.05) is 12.1 Å². The normalized spacial score (nSPS) is 10.6. The van der Waals surface area contributed by atoms with Crippen molar-refractivity contribution in [3.63, 3.8) is 0 Å². The molecule has 0 fully saturated rings. The van der Waals surface area contributed by atoms with Crippen LogP contribution in [-0.2, 0) is 0 Å². The van der Waals surface area contributed by atoms with Gasteiger partial charge in [0.15, 0.2) is 5.52 Å². The highest BCUT2D eigenvalue weighted by Crippen LogP contribution is 2.38. The lowest BCUT2D eigenvalue weighted by molar-refractivity contribution is 0.108. The van der Waals surface area contributed by atoms with E-state index in [1.54, 1.807) is 37.4 Å². The van der Waals surface area contributed by atoms with Gasteiger partial charge in [0.05, 0.1) is 40.9 Å². The van der Waals surface area contributed by atoms with Crippen molar-refractivity contribution in [2.45, 2.75) is 0 Å². The van der Waals surface area contributed by atoms with Crippen molar-refractivity contribution in [2.24, 2.45) is 0 Å². The number of ether oxygens (including phenoxy) is 5. The Labute approximate surface area is 148 Å². The SMILES string of the molecule is COc1cc(OC)c(PC(=O)c2c(OC)cccc2OC)c(OC)c1. The number of hydrogen-bond acceptors (Lipinski definition) is 6. The zero-order chi connectivity index (χ0) is 18.4. The van der Waals surface area contributed by atoms with E-state index in [4.69, 9.17) is 23.7 Å². The largest absolute Gasteiger partial charge is 0.496 e. The van der Waals surface area contributed by atoms with Crippen molar-refractivity contribution in [2.75, 3.05) is 35.5 Å². The molecule has 2 rings (SSSR count). The minimum Gasteiger partial charge on any atom is -0.496 e. The highest BCUT2D eigenvalue weighted by Gasteiger charge is 2.23. The smallest absolute Gasteiger partial charge is 0.193 e. The van der Waals surface area contributed by atoms with Crippen LogP contribution in [0.25, 0.3) is 0 Å². The Morgan fingerprint density at radius 1 is 0.760 bits per heavy atom. The lowest BCUT2D eigenvalue weighted by Gasteiger charge is -2.16. The fourth-order valence-electron chi connectivity index (χ4n) is 2.38. The van der Waals surface area contributed by atoms with Gasteiger partial charge in [-0.05, 0) is 20.7 Å². The second kappa shape index (κ2) is 8.58. The topological polar surface area (TPSA) is 63.2 Å². The first-order valence-electron chi connectivity index (χ1n) is 7.41. The third-order valence-electron chi connectivity index (χ3n) is 3.61. The van der Waals surface area contributed by atoms with Gasteiger partial charge >= 0.3 is 0 Å². The summed E-state index contributed by atoms with van der Waals surface area (Å²) in [4.78, 5) is 13.0. The van der Waals surface area contributed by atoms with Crippen molar-refractivity contribution in [1.82, 2.24) is 0 Å². The van der Waals surface area contributed by atoms with E-state index < -0.39 is 0 Å². The molecule has 25 heavy (non-hydrogen) atoms. The molecule has 0 spiro atoms. The molecule has 0 heterocycles. The van der Waals surface area contributed by atoms with Crippen LogP contribution in [0.2, 0.25) is 0 Å². The van der Waals surface area contributed by atoms with Crippen LogP contribution in [0.1, 0.15) is 10.4 Å². The number of methoxy groups -OCH3 is 5. The maximum atomic E-state index is 13.0. The minimum absolute atomic E-state index is 0.143. The van der Waals surface area contributed by atoms with E-state index in [9.17, 15) is 4.79 Å². The lowest BCUT2D eigenvalue weighted by atomic mass is 10.2. The van der Waals surface area contributed by atoms with Gasteiger partial charge in [0.1, 0.15) is 34.3 Å². The Balaban J connectivity index is 2.48.